The Hall–Kier alpha value is -1.94. The molecule has 0 fully saturated rings. The summed E-state index contributed by atoms with van der Waals surface area (Å²) in [4.78, 5) is 12.1. The van der Waals surface area contributed by atoms with Gasteiger partial charge >= 0.3 is 5.97 Å². The second-order valence-electron chi connectivity index (χ2n) is 4.70. The Kier molecular flexibility index (Phi) is 5.69. The minimum absolute atomic E-state index is 0.252. The highest BCUT2D eigenvalue weighted by Crippen LogP contribution is 2.20. The summed E-state index contributed by atoms with van der Waals surface area (Å²) in [6.45, 7) is 2.67. The van der Waals surface area contributed by atoms with E-state index in [9.17, 15) is 4.79 Å². The number of carboxylic acid groups (broad SMARTS) is 1. The molecule has 0 aliphatic carbocycles. The largest absolute Gasteiger partial charge is 0.494 e. The maximum Gasteiger partial charge on any atom is 0.335 e. The van der Waals surface area contributed by atoms with E-state index in [1.54, 1.807) is 36.0 Å². The van der Waals surface area contributed by atoms with E-state index in [0.29, 0.717) is 12.4 Å². The molecule has 0 unspecified atom stereocenters. The van der Waals surface area contributed by atoms with Crippen LogP contribution in [0.5, 0.6) is 5.75 Å². The van der Waals surface area contributed by atoms with E-state index in [4.69, 9.17) is 9.84 Å². The van der Waals surface area contributed by atoms with Crippen LogP contribution in [0.3, 0.4) is 0 Å². The number of carboxylic acids is 1. The molecule has 0 atom stereocenters. The number of hydrogen-bond donors (Lipinski definition) is 1. The highest BCUT2D eigenvalue weighted by molar-refractivity contribution is 7.99. The van der Waals surface area contributed by atoms with Gasteiger partial charge in [0.1, 0.15) is 5.75 Å². The Morgan fingerprint density at radius 1 is 1.19 bits per heavy atom. The van der Waals surface area contributed by atoms with Gasteiger partial charge in [0.2, 0.25) is 0 Å². The van der Waals surface area contributed by atoms with Crippen molar-refractivity contribution in [3.8, 4) is 5.75 Å². The average molecular weight is 302 g/mol. The Morgan fingerprint density at radius 2 is 2.00 bits per heavy atom. The van der Waals surface area contributed by atoms with Crippen molar-refractivity contribution in [1.82, 2.24) is 0 Å². The molecule has 2 aromatic rings. The van der Waals surface area contributed by atoms with Crippen molar-refractivity contribution in [3.05, 3.63) is 59.7 Å². The predicted molar refractivity (Wildman–Crippen MR) is 85.4 cm³/mol. The normalized spacial score (nSPS) is 10.3. The molecule has 2 rings (SSSR count). The summed E-state index contributed by atoms with van der Waals surface area (Å²) in [6.07, 6.45) is 0.913. The summed E-state index contributed by atoms with van der Waals surface area (Å²) in [5.74, 6) is 0.646. The lowest BCUT2D eigenvalue weighted by molar-refractivity contribution is 0.0696. The lowest BCUT2D eigenvalue weighted by Crippen LogP contribution is -2.01. The van der Waals surface area contributed by atoms with E-state index in [-0.39, 0.29) is 5.56 Å². The first-order valence-corrected chi connectivity index (χ1v) is 7.79. The summed E-state index contributed by atoms with van der Waals surface area (Å²) in [5.41, 5.74) is 1.52. The monoisotopic (exact) mass is 302 g/mol. The van der Waals surface area contributed by atoms with E-state index in [1.165, 1.54) is 10.5 Å². The number of thioether (sulfide) groups is 1. The molecule has 0 bridgehead atoms. The zero-order valence-corrected chi connectivity index (χ0v) is 12.7. The van der Waals surface area contributed by atoms with Gasteiger partial charge in [-0.15, -0.1) is 11.8 Å². The highest BCUT2D eigenvalue weighted by Gasteiger charge is 2.03. The van der Waals surface area contributed by atoms with Crippen molar-refractivity contribution in [1.29, 1.82) is 0 Å². The van der Waals surface area contributed by atoms with Gasteiger partial charge in [0.15, 0.2) is 0 Å². The standard InChI is InChI=1S/C17H18O3S/c1-13-5-2-8-16(11-13)21-10-4-9-20-15-7-3-6-14(12-15)17(18)19/h2-3,5-8,11-12H,4,9-10H2,1H3,(H,18,19). The third-order valence-electron chi connectivity index (χ3n) is 2.90. The molecule has 0 spiro atoms. The number of aromatic carboxylic acids is 1. The van der Waals surface area contributed by atoms with Crippen molar-refractivity contribution in [3.63, 3.8) is 0 Å². The number of ether oxygens (including phenoxy) is 1. The Balaban J connectivity index is 1.72. The summed E-state index contributed by atoms with van der Waals surface area (Å²) in [5, 5.41) is 8.91. The Labute approximate surface area is 129 Å². The van der Waals surface area contributed by atoms with Crippen LogP contribution in [0, 0.1) is 6.92 Å². The number of rotatable bonds is 7. The number of hydrogen-bond acceptors (Lipinski definition) is 3. The van der Waals surface area contributed by atoms with Gasteiger partial charge in [-0.1, -0.05) is 23.8 Å². The first-order chi connectivity index (χ1) is 10.1. The lowest BCUT2D eigenvalue weighted by atomic mass is 10.2. The molecule has 110 valence electrons. The lowest BCUT2D eigenvalue weighted by Gasteiger charge is -2.07. The molecule has 0 saturated heterocycles. The molecule has 0 aromatic heterocycles. The number of aryl methyl sites for hydroxylation is 1. The molecule has 0 radical (unpaired) electrons. The van der Waals surface area contributed by atoms with Crippen molar-refractivity contribution in [2.45, 2.75) is 18.2 Å². The van der Waals surface area contributed by atoms with E-state index < -0.39 is 5.97 Å². The van der Waals surface area contributed by atoms with E-state index in [2.05, 4.69) is 31.2 Å². The molecular weight excluding hydrogens is 284 g/mol. The van der Waals surface area contributed by atoms with Crippen LogP contribution >= 0.6 is 11.8 Å². The molecular formula is C17H18O3S. The van der Waals surface area contributed by atoms with Crippen LogP contribution in [-0.4, -0.2) is 23.4 Å². The molecule has 21 heavy (non-hydrogen) atoms. The molecule has 0 aliphatic heterocycles. The van der Waals surface area contributed by atoms with Gasteiger partial charge < -0.3 is 9.84 Å². The van der Waals surface area contributed by atoms with Crippen LogP contribution in [0.1, 0.15) is 22.3 Å². The van der Waals surface area contributed by atoms with E-state index >= 15 is 0 Å². The van der Waals surface area contributed by atoms with E-state index in [0.717, 1.165) is 12.2 Å². The topological polar surface area (TPSA) is 46.5 Å². The maximum atomic E-state index is 10.9. The Bertz CT molecular complexity index is 610. The van der Waals surface area contributed by atoms with Crippen LogP contribution < -0.4 is 4.74 Å². The van der Waals surface area contributed by atoms with Gasteiger partial charge in [-0.3, -0.25) is 0 Å². The van der Waals surface area contributed by atoms with Gasteiger partial charge in [0.25, 0.3) is 0 Å². The van der Waals surface area contributed by atoms with Crippen molar-refractivity contribution in [2.75, 3.05) is 12.4 Å². The first-order valence-electron chi connectivity index (χ1n) is 6.81. The smallest absolute Gasteiger partial charge is 0.335 e. The Morgan fingerprint density at radius 3 is 2.76 bits per heavy atom. The first kappa shape index (κ1) is 15.4. The quantitative estimate of drug-likeness (QED) is 0.613. The minimum Gasteiger partial charge on any atom is -0.494 e. The van der Waals surface area contributed by atoms with Gasteiger partial charge in [0.05, 0.1) is 12.2 Å². The van der Waals surface area contributed by atoms with Crippen molar-refractivity contribution in [2.24, 2.45) is 0 Å². The fourth-order valence-electron chi connectivity index (χ4n) is 1.86. The van der Waals surface area contributed by atoms with Crippen molar-refractivity contribution >= 4 is 17.7 Å². The van der Waals surface area contributed by atoms with Crippen molar-refractivity contribution < 1.29 is 14.6 Å². The molecule has 0 heterocycles. The molecule has 3 nitrogen and oxygen atoms in total. The SMILES string of the molecule is Cc1cccc(SCCCOc2cccc(C(=O)O)c2)c1. The molecule has 1 N–H and O–H groups in total. The fourth-order valence-corrected chi connectivity index (χ4v) is 2.80. The van der Waals surface area contributed by atoms with Gasteiger partial charge in [-0.05, 0) is 43.7 Å². The summed E-state index contributed by atoms with van der Waals surface area (Å²) < 4.78 is 5.58. The number of carbonyl (C=O) groups is 1. The van der Waals surface area contributed by atoms with Crippen LogP contribution in [-0.2, 0) is 0 Å². The molecule has 0 saturated carbocycles. The molecule has 2 aromatic carbocycles. The summed E-state index contributed by atoms with van der Waals surface area (Å²) in [7, 11) is 0. The number of benzene rings is 2. The van der Waals surface area contributed by atoms with Gasteiger partial charge in [0, 0.05) is 10.6 Å². The van der Waals surface area contributed by atoms with Crippen LogP contribution in [0.15, 0.2) is 53.4 Å². The molecule has 4 heteroatoms. The second kappa shape index (κ2) is 7.74. The molecule has 0 aliphatic rings. The van der Waals surface area contributed by atoms with Gasteiger partial charge in [-0.25, -0.2) is 4.79 Å². The zero-order chi connectivity index (χ0) is 15.1. The summed E-state index contributed by atoms with van der Waals surface area (Å²) in [6, 6.07) is 15.0. The fraction of sp³-hybridized carbons (Fsp3) is 0.235. The third-order valence-corrected chi connectivity index (χ3v) is 3.98. The van der Waals surface area contributed by atoms with Crippen LogP contribution in [0.25, 0.3) is 0 Å². The zero-order valence-electron chi connectivity index (χ0n) is 11.9. The predicted octanol–water partition coefficient (Wildman–Crippen LogP) is 4.25. The molecule has 0 amide bonds. The average Bonchev–Trinajstić information content (AvgIpc) is 2.47. The second-order valence-corrected chi connectivity index (χ2v) is 5.87. The maximum absolute atomic E-state index is 10.9. The van der Waals surface area contributed by atoms with Crippen LogP contribution in [0.4, 0.5) is 0 Å². The minimum atomic E-state index is -0.935. The van der Waals surface area contributed by atoms with Crippen LogP contribution in [0.2, 0.25) is 0 Å². The third kappa shape index (κ3) is 5.16. The summed E-state index contributed by atoms with van der Waals surface area (Å²) >= 11 is 1.80. The van der Waals surface area contributed by atoms with Gasteiger partial charge in [-0.2, -0.15) is 0 Å². The highest BCUT2D eigenvalue weighted by atomic mass is 32.2. The van der Waals surface area contributed by atoms with E-state index in [1.807, 2.05) is 0 Å².